The fourth-order valence-corrected chi connectivity index (χ4v) is 3.39. The van der Waals surface area contributed by atoms with Gasteiger partial charge in [-0.1, -0.05) is 20.8 Å². The Morgan fingerprint density at radius 2 is 2.20 bits per heavy atom. The average molecular weight is 294 g/mol. The topological polar surface area (TPSA) is 53.4 Å². The van der Waals surface area contributed by atoms with E-state index in [-0.39, 0.29) is 4.75 Å². The lowest BCUT2D eigenvalue weighted by Gasteiger charge is -2.24. The van der Waals surface area contributed by atoms with Gasteiger partial charge in [0.1, 0.15) is 5.82 Å². The standard InChI is InChI=1S/C15H22N2O2S/c1-4-12-9-11(14(18)19)10-13(16-12)17-6-5-15(2,3)20-8-7-17/h9-10H,4-8H2,1-3H3,(H,18,19). The molecule has 0 amide bonds. The van der Waals surface area contributed by atoms with E-state index < -0.39 is 5.97 Å². The maximum Gasteiger partial charge on any atom is 0.335 e. The van der Waals surface area contributed by atoms with Crippen molar-refractivity contribution in [2.75, 3.05) is 23.7 Å². The molecule has 1 N–H and O–H groups in total. The number of carbonyl (C=O) groups is 1. The Kier molecular flexibility index (Phi) is 4.58. The summed E-state index contributed by atoms with van der Waals surface area (Å²) in [6, 6.07) is 3.37. The van der Waals surface area contributed by atoms with Crippen molar-refractivity contribution in [3.8, 4) is 0 Å². The van der Waals surface area contributed by atoms with Gasteiger partial charge in [0.2, 0.25) is 0 Å². The van der Waals surface area contributed by atoms with Crippen LogP contribution in [0.4, 0.5) is 5.82 Å². The van der Waals surface area contributed by atoms with E-state index in [1.54, 1.807) is 12.1 Å². The molecule has 0 radical (unpaired) electrons. The zero-order valence-corrected chi connectivity index (χ0v) is 13.2. The number of rotatable bonds is 3. The van der Waals surface area contributed by atoms with E-state index >= 15 is 0 Å². The molecule has 5 heteroatoms. The third-order valence-corrected chi connectivity index (χ3v) is 5.01. The molecule has 1 aromatic heterocycles. The van der Waals surface area contributed by atoms with Crippen LogP contribution in [0.2, 0.25) is 0 Å². The highest BCUT2D eigenvalue weighted by Crippen LogP contribution is 2.32. The van der Waals surface area contributed by atoms with E-state index in [2.05, 4.69) is 23.7 Å². The highest BCUT2D eigenvalue weighted by molar-refractivity contribution is 8.00. The number of anilines is 1. The quantitative estimate of drug-likeness (QED) is 0.928. The van der Waals surface area contributed by atoms with Crippen molar-refractivity contribution in [2.45, 2.75) is 38.4 Å². The van der Waals surface area contributed by atoms with Crippen LogP contribution in [0.1, 0.15) is 43.2 Å². The average Bonchev–Trinajstić information content (AvgIpc) is 2.59. The van der Waals surface area contributed by atoms with E-state index in [1.807, 2.05) is 18.7 Å². The third-order valence-electron chi connectivity index (χ3n) is 3.64. The first kappa shape index (κ1) is 15.2. The van der Waals surface area contributed by atoms with Gasteiger partial charge in [0.25, 0.3) is 0 Å². The molecular formula is C15H22N2O2S. The largest absolute Gasteiger partial charge is 0.478 e. The maximum atomic E-state index is 11.2. The van der Waals surface area contributed by atoms with E-state index in [0.29, 0.717) is 5.56 Å². The predicted octanol–water partition coefficient (Wildman–Crippen LogP) is 3.06. The summed E-state index contributed by atoms with van der Waals surface area (Å²) >= 11 is 1.97. The smallest absolute Gasteiger partial charge is 0.335 e. The molecule has 0 spiro atoms. The van der Waals surface area contributed by atoms with Gasteiger partial charge >= 0.3 is 5.97 Å². The fourth-order valence-electron chi connectivity index (χ4n) is 2.29. The lowest BCUT2D eigenvalue weighted by molar-refractivity contribution is 0.0696. The number of nitrogens with zero attached hydrogens (tertiary/aromatic N) is 2. The SMILES string of the molecule is CCc1cc(C(=O)O)cc(N2CCSC(C)(C)CC2)n1. The van der Waals surface area contributed by atoms with Crippen molar-refractivity contribution >= 4 is 23.5 Å². The van der Waals surface area contributed by atoms with E-state index in [0.717, 1.165) is 43.2 Å². The Hall–Kier alpha value is -1.23. The number of carboxylic acids is 1. The zero-order valence-electron chi connectivity index (χ0n) is 12.3. The van der Waals surface area contributed by atoms with Crippen LogP contribution in [-0.2, 0) is 6.42 Å². The molecule has 1 aliphatic heterocycles. The molecule has 0 saturated carbocycles. The van der Waals surface area contributed by atoms with Crippen molar-refractivity contribution in [3.05, 3.63) is 23.4 Å². The summed E-state index contributed by atoms with van der Waals surface area (Å²) in [6.45, 7) is 8.38. The summed E-state index contributed by atoms with van der Waals surface area (Å²) in [5.74, 6) is 0.973. The number of hydrogen-bond donors (Lipinski definition) is 1. The number of carboxylic acid groups (broad SMARTS) is 1. The Labute approximate surface area is 124 Å². The van der Waals surface area contributed by atoms with Gasteiger partial charge in [-0.25, -0.2) is 9.78 Å². The van der Waals surface area contributed by atoms with E-state index in [9.17, 15) is 9.90 Å². The van der Waals surface area contributed by atoms with Gasteiger partial charge in [-0.2, -0.15) is 11.8 Å². The summed E-state index contributed by atoms with van der Waals surface area (Å²) in [6.07, 6.45) is 1.83. The van der Waals surface area contributed by atoms with Crippen LogP contribution in [0, 0.1) is 0 Å². The molecule has 0 atom stereocenters. The second kappa shape index (κ2) is 6.04. The van der Waals surface area contributed by atoms with Crippen LogP contribution >= 0.6 is 11.8 Å². The molecule has 1 saturated heterocycles. The van der Waals surface area contributed by atoms with Crippen molar-refractivity contribution in [1.82, 2.24) is 4.98 Å². The second-order valence-electron chi connectivity index (χ2n) is 5.71. The Morgan fingerprint density at radius 1 is 1.45 bits per heavy atom. The molecule has 110 valence electrons. The summed E-state index contributed by atoms with van der Waals surface area (Å²) in [4.78, 5) is 18.0. The molecule has 2 rings (SSSR count). The van der Waals surface area contributed by atoms with Crippen molar-refractivity contribution in [2.24, 2.45) is 0 Å². The van der Waals surface area contributed by atoms with E-state index in [1.165, 1.54) is 0 Å². The highest BCUT2D eigenvalue weighted by atomic mass is 32.2. The third kappa shape index (κ3) is 3.66. The molecule has 0 aliphatic carbocycles. The van der Waals surface area contributed by atoms with Crippen LogP contribution in [-0.4, -0.2) is 39.6 Å². The number of aromatic carboxylic acids is 1. The Bertz CT molecular complexity index is 503. The fraction of sp³-hybridized carbons (Fsp3) is 0.600. The number of thioether (sulfide) groups is 1. The molecule has 2 heterocycles. The monoisotopic (exact) mass is 294 g/mol. The lowest BCUT2D eigenvalue weighted by Crippen LogP contribution is -2.28. The number of aromatic nitrogens is 1. The first-order chi connectivity index (χ1) is 9.41. The molecule has 1 fully saturated rings. The zero-order chi connectivity index (χ0) is 14.8. The van der Waals surface area contributed by atoms with Gasteiger partial charge in [-0.3, -0.25) is 0 Å². The van der Waals surface area contributed by atoms with Crippen LogP contribution < -0.4 is 4.90 Å². The van der Waals surface area contributed by atoms with Gasteiger partial charge in [0, 0.05) is 29.3 Å². The molecule has 0 unspecified atom stereocenters. The van der Waals surface area contributed by atoms with Crippen LogP contribution in [0.25, 0.3) is 0 Å². The summed E-state index contributed by atoms with van der Waals surface area (Å²) < 4.78 is 0.284. The van der Waals surface area contributed by atoms with Crippen LogP contribution in [0.15, 0.2) is 12.1 Å². The minimum absolute atomic E-state index is 0.284. The molecule has 1 aliphatic rings. The van der Waals surface area contributed by atoms with Crippen LogP contribution in [0.5, 0.6) is 0 Å². The van der Waals surface area contributed by atoms with Gasteiger partial charge in [-0.15, -0.1) is 0 Å². The molecule has 1 aromatic rings. The van der Waals surface area contributed by atoms with Crippen molar-refractivity contribution < 1.29 is 9.90 Å². The van der Waals surface area contributed by atoms with E-state index in [4.69, 9.17) is 0 Å². The minimum atomic E-state index is -0.882. The van der Waals surface area contributed by atoms with Gasteiger partial charge in [0.05, 0.1) is 5.56 Å². The maximum absolute atomic E-state index is 11.2. The molecule has 0 aromatic carbocycles. The number of aryl methyl sites for hydroxylation is 1. The molecule has 0 bridgehead atoms. The van der Waals surface area contributed by atoms with Gasteiger partial charge in [-0.05, 0) is 25.0 Å². The predicted molar refractivity (Wildman–Crippen MR) is 83.9 cm³/mol. The normalized spacial score (nSPS) is 18.6. The summed E-state index contributed by atoms with van der Waals surface area (Å²) in [7, 11) is 0. The first-order valence-corrected chi connectivity index (χ1v) is 8.03. The van der Waals surface area contributed by atoms with Crippen molar-refractivity contribution in [1.29, 1.82) is 0 Å². The minimum Gasteiger partial charge on any atom is -0.478 e. The number of pyridine rings is 1. The highest BCUT2D eigenvalue weighted by Gasteiger charge is 2.24. The first-order valence-electron chi connectivity index (χ1n) is 7.04. The Morgan fingerprint density at radius 3 is 2.85 bits per heavy atom. The van der Waals surface area contributed by atoms with Crippen LogP contribution in [0.3, 0.4) is 0 Å². The molecule has 20 heavy (non-hydrogen) atoms. The van der Waals surface area contributed by atoms with Crippen molar-refractivity contribution in [3.63, 3.8) is 0 Å². The number of hydrogen-bond acceptors (Lipinski definition) is 4. The van der Waals surface area contributed by atoms with Gasteiger partial charge in [0.15, 0.2) is 0 Å². The summed E-state index contributed by atoms with van der Waals surface area (Å²) in [5, 5.41) is 9.22. The van der Waals surface area contributed by atoms with Gasteiger partial charge < -0.3 is 10.0 Å². The molecular weight excluding hydrogens is 272 g/mol. The Balaban J connectivity index is 2.27. The second-order valence-corrected chi connectivity index (χ2v) is 7.51. The molecule has 4 nitrogen and oxygen atoms in total. The lowest BCUT2D eigenvalue weighted by atomic mass is 10.1. The summed E-state index contributed by atoms with van der Waals surface area (Å²) in [5.41, 5.74) is 1.18.